The highest BCUT2D eigenvalue weighted by molar-refractivity contribution is 9.11. The van der Waals surface area contributed by atoms with Gasteiger partial charge < -0.3 is 10.1 Å². The molecule has 1 saturated heterocycles. The molecule has 2 atom stereocenters. The Balaban J connectivity index is 1.70. The highest BCUT2D eigenvalue weighted by Crippen LogP contribution is 2.39. The number of ether oxygens (including phenoxy) is 1. The van der Waals surface area contributed by atoms with Crippen LogP contribution in [0.4, 0.5) is 0 Å². The fourth-order valence-corrected chi connectivity index (χ4v) is 5.17. The van der Waals surface area contributed by atoms with Crippen molar-refractivity contribution in [2.45, 2.75) is 63.6 Å². The van der Waals surface area contributed by atoms with Crippen LogP contribution in [0, 0.1) is 0 Å². The van der Waals surface area contributed by atoms with E-state index in [9.17, 15) is 0 Å². The molecule has 1 aliphatic carbocycles. The van der Waals surface area contributed by atoms with E-state index in [0.717, 1.165) is 19.4 Å². The molecule has 19 heavy (non-hydrogen) atoms. The number of hydrogen-bond acceptors (Lipinski definition) is 3. The Bertz CT molecular complexity index is 457. The number of fused-ring (bicyclic) bond motifs is 1. The number of nitrogens with one attached hydrogen (secondary N) is 1. The van der Waals surface area contributed by atoms with Crippen LogP contribution in [-0.4, -0.2) is 18.2 Å². The van der Waals surface area contributed by atoms with Crippen molar-refractivity contribution in [3.8, 4) is 0 Å². The van der Waals surface area contributed by atoms with Crippen molar-refractivity contribution >= 4 is 27.3 Å². The Morgan fingerprint density at radius 3 is 3.05 bits per heavy atom. The fourth-order valence-electron chi connectivity index (χ4n) is 3.35. The van der Waals surface area contributed by atoms with E-state index in [-0.39, 0.29) is 5.60 Å². The second-order valence-electron chi connectivity index (χ2n) is 6.34. The molecule has 1 aromatic heterocycles. The number of aryl methyl sites for hydroxylation is 1. The summed E-state index contributed by atoms with van der Waals surface area (Å²) in [5.41, 5.74) is 1.57. The molecular weight excluding hydrogens is 322 g/mol. The zero-order chi connectivity index (χ0) is 13.5. The van der Waals surface area contributed by atoms with Crippen molar-refractivity contribution in [2.75, 3.05) is 6.61 Å². The van der Waals surface area contributed by atoms with Gasteiger partial charge >= 0.3 is 0 Å². The minimum atomic E-state index is 0.0304. The van der Waals surface area contributed by atoms with Gasteiger partial charge in [0.25, 0.3) is 0 Å². The van der Waals surface area contributed by atoms with Crippen molar-refractivity contribution in [1.82, 2.24) is 5.32 Å². The Hall–Kier alpha value is 0.1000. The van der Waals surface area contributed by atoms with E-state index in [1.54, 1.807) is 4.88 Å². The van der Waals surface area contributed by atoms with Crippen molar-refractivity contribution in [3.63, 3.8) is 0 Å². The number of halogens is 1. The molecule has 0 aromatic carbocycles. The summed E-state index contributed by atoms with van der Waals surface area (Å²) in [5, 5.41) is 3.89. The van der Waals surface area contributed by atoms with Gasteiger partial charge in [0.2, 0.25) is 0 Å². The second kappa shape index (κ2) is 5.47. The van der Waals surface area contributed by atoms with Crippen LogP contribution in [0.15, 0.2) is 9.85 Å². The van der Waals surface area contributed by atoms with E-state index in [4.69, 9.17) is 4.74 Å². The van der Waals surface area contributed by atoms with Crippen LogP contribution in [0.5, 0.6) is 0 Å². The Labute approximate surface area is 128 Å². The standard InChI is InChI=1S/C15H22BrNOS/c1-15(2)9-10(6-7-18-15)17-12-4-3-5-13-11(12)8-14(16)19-13/h8,10,12,17H,3-7,9H2,1-2H3. The molecule has 2 unspecified atom stereocenters. The van der Waals surface area contributed by atoms with Gasteiger partial charge in [-0.25, -0.2) is 0 Å². The third kappa shape index (κ3) is 3.23. The van der Waals surface area contributed by atoms with E-state index in [0.29, 0.717) is 12.1 Å². The van der Waals surface area contributed by atoms with Gasteiger partial charge in [-0.3, -0.25) is 0 Å². The average molecular weight is 344 g/mol. The summed E-state index contributed by atoms with van der Waals surface area (Å²) in [7, 11) is 0. The molecule has 0 radical (unpaired) electrons. The minimum absolute atomic E-state index is 0.0304. The molecule has 1 aromatic rings. The molecule has 2 heterocycles. The summed E-state index contributed by atoms with van der Waals surface area (Å²) in [4.78, 5) is 1.57. The van der Waals surface area contributed by atoms with Gasteiger partial charge in [-0.05, 0) is 73.5 Å². The summed E-state index contributed by atoms with van der Waals surface area (Å²) in [6.07, 6.45) is 6.09. The Morgan fingerprint density at radius 1 is 1.42 bits per heavy atom. The van der Waals surface area contributed by atoms with Crippen LogP contribution in [0.3, 0.4) is 0 Å². The van der Waals surface area contributed by atoms with Gasteiger partial charge in [-0.2, -0.15) is 0 Å². The normalized spacial score (nSPS) is 30.1. The van der Waals surface area contributed by atoms with Crippen LogP contribution in [0.25, 0.3) is 0 Å². The van der Waals surface area contributed by atoms with Gasteiger partial charge in [0, 0.05) is 23.6 Å². The first-order chi connectivity index (χ1) is 9.03. The van der Waals surface area contributed by atoms with Crippen molar-refractivity contribution in [3.05, 3.63) is 20.3 Å². The summed E-state index contributed by atoms with van der Waals surface area (Å²) in [5.74, 6) is 0. The molecule has 1 fully saturated rings. The quantitative estimate of drug-likeness (QED) is 0.857. The zero-order valence-electron chi connectivity index (χ0n) is 11.7. The maximum Gasteiger partial charge on any atom is 0.0704 e. The SMILES string of the molecule is CC1(C)CC(NC2CCCc3sc(Br)cc32)CCO1. The molecule has 0 amide bonds. The van der Waals surface area contributed by atoms with Crippen LogP contribution >= 0.6 is 27.3 Å². The maximum absolute atomic E-state index is 5.81. The summed E-state index contributed by atoms with van der Waals surface area (Å²) in [6, 6.07) is 3.46. The number of rotatable bonds is 2. The smallest absolute Gasteiger partial charge is 0.0704 e. The van der Waals surface area contributed by atoms with Crippen LogP contribution < -0.4 is 5.32 Å². The van der Waals surface area contributed by atoms with Gasteiger partial charge in [-0.15, -0.1) is 11.3 Å². The van der Waals surface area contributed by atoms with E-state index < -0.39 is 0 Å². The molecule has 4 heteroatoms. The van der Waals surface area contributed by atoms with Crippen molar-refractivity contribution in [1.29, 1.82) is 0 Å². The van der Waals surface area contributed by atoms with Crippen LogP contribution in [-0.2, 0) is 11.2 Å². The van der Waals surface area contributed by atoms with Crippen molar-refractivity contribution < 1.29 is 4.74 Å². The predicted octanol–water partition coefficient (Wildman–Crippen LogP) is 4.44. The predicted molar refractivity (Wildman–Crippen MR) is 83.9 cm³/mol. The lowest BCUT2D eigenvalue weighted by molar-refractivity contribution is -0.0644. The molecule has 1 N–H and O–H groups in total. The lowest BCUT2D eigenvalue weighted by Gasteiger charge is -2.38. The lowest BCUT2D eigenvalue weighted by atomic mass is 9.89. The topological polar surface area (TPSA) is 21.3 Å². The van der Waals surface area contributed by atoms with E-state index >= 15 is 0 Å². The molecule has 1 aliphatic heterocycles. The monoisotopic (exact) mass is 343 g/mol. The first-order valence-corrected chi connectivity index (χ1v) is 8.82. The largest absolute Gasteiger partial charge is 0.375 e. The summed E-state index contributed by atoms with van der Waals surface area (Å²) >= 11 is 5.54. The summed E-state index contributed by atoms with van der Waals surface area (Å²) < 4.78 is 7.09. The highest BCUT2D eigenvalue weighted by Gasteiger charge is 2.31. The summed E-state index contributed by atoms with van der Waals surface area (Å²) in [6.45, 7) is 5.29. The molecular formula is C15H22BrNOS. The first kappa shape index (κ1) is 14.1. The van der Waals surface area contributed by atoms with Crippen molar-refractivity contribution in [2.24, 2.45) is 0 Å². The molecule has 0 spiro atoms. The molecule has 3 rings (SSSR count). The molecule has 106 valence electrons. The Kier molecular flexibility index (Phi) is 4.05. The van der Waals surface area contributed by atoms with Gasteiger partial charge in [0.15, 0.2) is 0 Å². The third-order valence-corrected chi connectivity index (χ3v) is 5.93. The zero-order valence-corrected chi connectivity index (χ0v) is 14.1. The molecule has 0 saturated carbocycles. The minimum Gasteiger partial charge on any atom is -0.375 e. The molecule has 2 nitrogen and oxygen atoms in total. The highest BCUT2D eigenvalue weighted by atomic mass is 79.9. The maximum atomic E-state index is 5.81. The Morgan fingerprint density at radius 2 is 2.26 bits per heavy atom. The van der Waals surface area contributed by atoms with Gasteiger partial charge in [0.05, 0.1) is 9.39 Å². The number of hydrogen-bond donors (Lipinski definition) is 1. The number of thiophene rings is 1. The fraction of sp³-hybridized carbons (Fsp3) is 0.733. The first-order valence-electron chi connectivity index (χ1n) is 7.22. The van der Waals surface area contributed by atoms with Gasteiger partial charge in [-0.1, -0.05) is 0 Å². The molecule has 2 aliphatic rings. The van der Waals surface area contributed by atoms with E-state index in [1.165, 1.54) is 28.6 Å². The van der Waals surface area contributed by atoms with E-state index in [2.05, 4.69) is 41.2 Å². The third-order valence-electron chi connectivity index (χ3n) is 4.22. The lowest BCUT2D eigenvalue weighted by Crippen LogP contribution is -2.45. The van der Waals surface area contributed by atoms with E-state index in [1.807, 2.05) is 11.3 Å². The van der Waals surface area contributed by atoms with Crippen LogP contribution in [0.1, 0.15) is 56.0 Å². The average Bonchev–Trinajstić information content (AvgIpc) is 2.69. The van der Waals surface area contributed by atoms with Gasteiger partial charge in [0.1, 0.15) is 0 Å². The van der Waals surface area contributed by atoms with Crippen LogP contribution in [0.2, 0.25) is 0 Å². The molecule has 0 bridgehead atoms. The second-order valence-corrected chi connectivity index (χ2v) is 8.85.